The van der Waals surface area contributed by atoms with Crippen LogP contribution in [0.15, 0.2) is 72.8 Å². The van der Waals surface area contributed by atoms with E-state index in [0.717, 1.165) is 0 Å². The highest BCUT2D eigenvalue weighted by molar-refractivity contribution is 6.19. The molecule has 42 heavy (non-hydrogen) atoms. The lowest BCUT2D eigenvalue weighted by Gasteiger charge is -2.21. The van der Waals surface area contributed by atoms with Crippen LogP contribution in [-0.2, 0) is 21.7 Å². The molecule has 0 fully saturated rings. The molecule has 0 saturated carbocycles. The van der Waals surface area contributed by atoms with Gasteiger partial charge in [0.25, 0.3) is 0 Å². The van der Waals surface area contributed by atoms with Crippen LogP contribution in [0.4, 0.5) is 0 Å². The third kappa shape index (κ3) is 4.59. The van der Waals surface area contributed by atoms with Gasteiger partial charge >= 0.3 is 0 Å². The van der Waals surface area contributed by atoms with Gasteiger partial charge in [-0.1, -0.05) is 132 Å². The minimum Gasteiger partial charge on any atom is -0.0578 e. The number of benzene rings is 4. The lowest BCUT2D eigenvalue weighted by molar-refractivity contribution is 0.589. The summed E-state index contributed by atoms with van der Waals surface area (Å²) in [7, 11) is 0. The monoisotopic (exact) mass is 552 g/mol. The third-order valence-electron chi connectivity index (χ3n) is 9.45. The molecule has 2 aliphatic rings. The summed E-state index contributed by atoms with van der Waals surface area (Å²) < 4.78 is 0. The maximum absolute atomic E-state index is 2.47. The van der Waals surface area contributed by atoms with Crippen molar-refractivity contribution >= 4 is 11.1 Å². The van der Waals surface area contributed by atoms with Crippen molar-refractivity contribution in [2.24, 2.45) is 0 Å². The first-order chi connectivity index (χ1) is 19.4. The van der Waals surface area contributed by atoms with Crippen molar-refractivity contribution in [1.82, 2.24) is 0 Å². The first-order valence-corrected chi connectivity index (χ1v) is 15.7. The molecule has 0 spiro atoms. The molecule has 0 amide bonds. The summed E-state index contributed by atoms with van der Waals surface area (Å²) in [4.78, 5) is 0. The molecular weight excluding hydrogens is 504 g/mol. The highest BCUT2D eigenvalue weighted by Crippen LogP contribution is 2.56. The Morgan fingerprint density at radius 2 is 0.452 bits per heavy atom. The predicted molar refractivity (Wildman–Crippen MR) is 184 cm³/mol. The fourth-order valence-corrected chi connectivity index (χ4v) is 6.64. The zero-order chi connectivity index (χ0) is 30.6. The Labute approximate surface area is 254 Å². The highest BCUT2D eigenvalue weighted by Gasteiger charge is 2.35. The van der Waals surface area contributed by atoms with E-state index in [1.54, 1.807) is 0 Å². The van der Waals surface area contributed by atoms with Gasteiger partial charge in [0.2, 0.25) is 0 Å². The van der Waals surface area contributed by atoms with Crippen LogP contribution in [0.1, 0.15) is 128 Å². The van der Waals surface area contributed by atoms with Crippen LogP contribution in [0.5, 0.6) is 0 Å². The molecule has 6 rings (SSSR count). The van der Waals surface area contributed by atoms with Crippen LogP contribution in [0, 0.1) is 0 Å². The Balaban J connectivity index is 1.73. The van der Waals surface area contributed by atoms with E-state index in [0.29, 0.717) is 0 Å². The quantitative estimate of drug-likeness (QED) is 0.176. The van der Waals surface area contributed by atoms with Gasteiger partial charge in [0.1, 0.15) is 0 Å². The summed E-state index contributed by atoms with van der Waals surface area (Å²) in [5.74, 6) is 0. The van der Waals surface area contributed by atoms with Crippen LogP contribution < -0.4 is 0 Å². The molecule has 2 aliphatic carbocycles. The molecule has 4 aromatic carbocycles. The van der Waals surface area contributed by atoms with Crippen molar-refractivity contribution in [3.8, 4) is 22.3 Å². The third-order valence-corrected chi connectivity index (χ3v) is 9.45. The fraction of sp³-hybridized carbons (Fsp3) is 0.381. The molecule has 216 valence electrons. The summed E-state index contributed by atoms with van der Waals surface area (Å²) in [6, 6.07) is 28.9. The molecule has 0 radical (unpaired) electrons. The second kappa shape index (κ2) is 9.06. The van der Waals surface area contributed by atoms with E-state index in [4.69, 9.17) is 0 Å². The molecule has 0 atom stereocenters. The summed E-state index contributed by atoms with van der Waals surface area (Å²) >= 11 is 0. The van der Waals surface area contributed by atoms with Gasteiger partial charge in [0.05, 0.1) is 0 Å². The van der Waals surface area contributed by atoms with E-state index >= 15 is 0 Å². The summed E-state index contributed by atoms with van der Waals surface area (Å²) in [5, 5.41) is 0. The highest BCUT2D eigenvalue weighted by atomic mass is 14.4. The van der Waals surface area contributed by atoms with Crippen molar-refractivity contribution in [2.45, 2.75) is 105 Å². The molecular formula is C42H48. The average Bonchev–Trinajstić information content (AvgIpc) is 3.37. The second-order valence-electron chi connectivity index (χ2n) is 16.8. The van der Waals surface area contributed by atoms with Crippen LogP contribution >= 0.6 is 0 Å². The van der Waals surface area contributed by atoms with Crippen LogP contribution in [0.25, 0.3) is 33.4 Å². The Kier molecular flexibility index (Phi) is 6.20. The van der Waals surface area contributed by atoms with Crippen LogP contribution in [0.3, 0.4) is 0 Å². The van der Waals surface area contributed by atoms with Crippen LogP contribution in [-0.4, -0.2) is 0 Å². The zero-order valence-corrected chi connectivity index (χ0v) is 27.9. The first-order valence-electron chi connectivity index (χ1n) is 15.7. The molecule has 4 aromatic rings. The fourth-order valence-electron chi connectivity index (χ4n) is 6.64. The lowest BCUT2D eigenvalue weighted by atomic mass is 9.83. The summed E-state index contributed by atoms with van der Waals surface area (Å²) in [6.07, 6.45) is 0. The predicted octanol–water partition coefficient (Wildman–Crippen LogP) is 11.8. The lowest BCUT2D eigenvalue weighted by Crippen LogP contribution is -2.11. The maximum atomic E-state index is 2.47. The molecule has 0 N–H and O–H groups in total. The standard InChI is InChI=1S/C42H48/c1-39(2,3)25-13-17-29-33(21-25)34-22-26(40(4,5)6)14-18-30(34)37(29)38-31-19-15-27(41(7,8)9)23-35(31)36-24-28(42(10,11)12)16-20-32(36)38/h13-24H,1-12H3. The Bertz CT molecular complexity index is 1510. The van der Waals surface area contributed by atoms with Crippen LogP contribution in [0.2, 0.25) is 0 Å². The van der Waals surface area contributed by atoms with Gasteiger partial charge in [-0.25, -0.2) is 0 Å². The van der Waals surface area contributed by atoms with Gasteiger partial charge in [-0.05, 0) is 124 Å². The van der Waals surface area contributed by atoms with Gasteiger partial charge in [0.15, 0.2) is 0 Å². The smallest absolute Gasteiger partial charge is 0.00139 e. The number of rotatable bonds is 0. The number of hydrogen-bond acceptors (Lipinski definition) is 0. The van der Waals surface area contributed by atoms with Gasteiger partial charge in [-0.2, -0.15) is 0 Å². The van der Waals surface area contributed by atoms with Gasteiger partial charge in [0, 0.05) is 0 Å². The molecule has 0 bridgehead atoms. The van der Waals surface area contributed by atoms with Crippen molar-refractivity contribution in [2.75, 3.05) is 0 Å². The molecule has 0 aromatic heterocycles. The Morgan fingerprint density at radius 1 is 0.262 bits per heavy atom. The minimum atomic E-state index is 0.0893. The topological polar surface area (TPSA) is 0 Å². The van der Waals surface area contributed by atoms with Crippen molar-refractivity contribution < 1.29 is 0 Å². The van der Waals surface area contributed by atoms with E-state index < -0.39 is 0 Å². The first kappa shape index (κ1) is 28.7. The summed E-state index contributed by atoms with van der Waals surface area (Å²) in [5.41, 5.74) is 19.6. The largest absolute Gasteiger partial charge is 0.0578 e. The van der Waals surface area contributed by atoms with Crippen molar-refractivity contribution in [3.05, 3.63) is 117 Å². The molecule has 0 heteroatoms. The molecule has 0 aliphatic heterocycles. The van der Waals surface area contributed by atoms with Gasteiger partial charge in [-0.3, -0.25) is 0 Å². The molecule has 0 nitrogen and oxygen atoms in total. The van der Waals surface area contributed by atoms with Crippen molar-refractivity contribution in [1.29, 1.82) is 0 Å². The molecule has 0 unspecified atom stereocenters. The normalized spacial score (nSPS) is 14.6. The van der Waals surface area contributed by atoms with E-state index in [9.17, 15) is 0 Å². The molecule has 0 saturated heterocycles. The van der Waals surface area contributed by atoms with Gasteiger partial charge in [-0.15, -0.1) is 0 Å². The Hall–Kier alpha value is -3.38. The van der Waals surface area contributed by atoms with Gasteiger partial charge < -0.3 is 0 Å². The SMILES string of the molecule is CC(C)(C)c1ccc2c(c1)-c1cc(C(C)(C)C)ccc1C2=C1c2ccc(C(C)(C)C)cc2-c2cc(C(C)(C)C)ccc21. The number of fused-ring (bicyclic) bond motifs is 6. The zero-order valence-electron chi connectivity index (χ0n) is 27.9. The van der Waals surface area contributed by atoms with E-state index in [2.05, 4.69) is 156 Å². The Morgan fingerprint density at radius 3 is 0.619 bits per heavy atom. The summed E-state index contributed by atoms with van der Waals surface area (Å²) in [6.45, 7) is 27.8. The second-order valence-corrected chi connectivity index (χ2v) is 16.8. The maximum Gasteiger partial charge on any atom is -0.00139 e. The average molecular weight is 553 g/mol. The van der Waals surface area contributed by atoms with Crippen molar-refractivity contribution in [3.63, 3.8) is 0 Å². The van der Waals surface area contributed by atoms with E-state index in [1.165, 1.54) is 77.9 Å². The molecule has 0 heterocycles. The van der Waals surface area contributed by atoms with E-state index in [1.807, 2.05) is 0 Å². The minimum absolute atomic E-state index is 0.0893. The number of hydrogen-bond donors (Lipinski definition) is 0. The van der Waals surface area contributed by atoms with E-state index in [-0.39, 0.29) is 21.7 Å².